The van der Waals surface area contributed by atoms with E-state index < -0.39 is 0 Å². The molecule has 0 spiro atoms. The molecule has 0 saturated carbocycles. The summed E-state index contributed by atoms with van der Waals surface area (Å²) >= 11 is 0. The van der Waals surface area contributed by atoms with E-state index in [9.17, 15) is 0 Å². The van der Waals surface area contributed by atoms with Gasteiger partial charge < -0.3 is 0 Å². The SMILES string of the molecule is CCCCCCCC1(CCCCCCC)C=CC2=c3ccccc3=CC2=C1. The molecular weight excluding hydrogens is 324 g/mol. The van der Waals surface area contributed by atoms with Crippen LogP contribution in [0.2, 0.25) is 0 Å². The lowest BCUT2D eigenvalue weighted by Crippen LogP contribution is -2.22. The molecule has 0 aliphatic heterocycles. The third-order valence-electron chi connectivity index (χ3n) is 6.39. The van der Waals surface area contributed by atoms with Crippen molar-refractivity contribution in [1.82, 2.24) is 0 Å². The minimum Gasteiger partial charge on any atom is -0.0739 e. The Labute approximate surface area is 166 Å². The Morgan fingerprint density at radius 1 is 0.741 bits per heavy atom. The topological polar surface area (TPSA) is 0 Å². The summed E-state index contributed by atoms with van der Waals surface area (Å²) < 4.78 is 0. The van der Waals surface area contributed by atoms with Crippen molar-refractivity contribution in [1.29, 1.82) is 0 Å². The zero-order valence-electron chi connectivity index (χ0n) is 17.6. The molecule has 2 aliphatic carbocycles. The summed E-state index contributed by atoms with van der Waals surface area (Å²) in [4.78, 5) is 0. The van der Waals surface area contributed by atoms with Crippen LogP contribution in [-0.2, 0) is 0 Å². The molecule has 0 saturated heterocycles. The molecule has 0 nitrogen and oxygen atoms in total. The summed E-state index contributed by atoms with van der Waals surface area (Å²) in [6.45, 7) is 4.61. The Bertz CT molecular complexity index is 761. The van der Waals surface area contributed by atoms with Gasteiger partial charge in [0, 0.05) is 5.41 Å². The van der Waals surface area contributed by atoms with E-state index in [2.05, 4.69) is 62.4 Å². The molecule has 0 atom stereocenters. The highest BCUT2D eigenvalue weighted by Gasteiger charge is 2.28. The maximum absolute atomic E-state index is 2.63. The summed E-state index contributed by atoms with van der Waals surface area (Å²) in [5, 5.41) is 2.81. The van der Waals surface area contributed by atoms with E-state index in [0.717, 1.165) is 0 Å². The second kappa shape index (κ2) is 10.1. The first kappa shape index (κ1) is 20.2. The molecule has 0 N–H and O–H groups in total. The number of hydrogen-bond acceptors (Lipinski definition) is 0. The van der Waals surface area contributed by atoms with Crippen LogP contribution in [0.25, 0.3) is 11.6 Å². The van der Waals surface area contributed by atoms with Crippen LogP contribution in [0.15, 0.2) is 48.1 Å². The maximum Gasteiger partial charge on any atom is 0.00734 e. The molecule has 2 aliphatic rings. The van der Waals surface area contributed by atoms with Gasteiger partial charge in [0.25, 0.3) is 0 Å². The fraction of sp³-hybridized carbons (Fsp3) is 0.556. The van der Waals surface area contributed by atoms with Crippen LogP contribution in [-0.4, -0.2) is 0 Å². The highest BCUT2D eigenvalue weighted by atomic mass is 14.3. The van der Waals surface area contributed by atoms with Gasteiger partial charge >= 0.3 is 0 Å². The number of unbranched alkanes of at least 4 members (excludes halogenated alkanes) is 8. The predicted molar refractivity (Wildman–Crippen MR) is 120 cm³/mol. The van der Waals surface area contributed by atoms with Crippen LogP contribution in [0.3, 0.4) is 0 Å². The first-order chi connectivity index (χ1) is 13.3. The van der Waals surface area contributed by atoms with E-state index in [1.54, 1.807) is 0 Å². The van der Waals surface area contributed by atoms with Gasteiger partial charge in [0.2, 0.25) is 0 Å². The molecule has 1 aromatic rings. The Morgan fingerprint density at radius 2 is 1.37 bits per heavy atom. The molecule has 0 heteroatoms. The fourth-order valence-electron chi connectivity index (χ4n) is 4.73. The van der Waals surface area contributed by atoms with E-state index in [-0.39, 0.29) is 5.41 Å². The van der Waals surface area contributed by atoms with Gasteiger partial charge in [0.05, 0.1) is 0 Å². The molecule has 0 aromatic heterocycles. The zero-order chi connectivity index (χ0) is 19.0. The highest BCUT2D eigenvalue weighted by Crippen LogP contribution is 2.41. The smallest absolute Gasteiger partial charge is 0.00734 e. The largest absolute Gasteiger partial charge is 0.0739 e. The Balaban J connectivity index is 1.72. The molecule has 0 amide bonds. The van der Waals surface area contributed by atoms with E-state index in [1.165, 1.54) is 98.6 Å². The fourth-order valence-corrected chi connectivity index (χ4v) is 4.73. The van der Waals surface area contributed by atoms with Gasteiger partial charge in [-0.05, 0) is 40.5 Å². The van der Waals surface area contributed by atoms with Gasteiger partial charge in [0.1, 0.15) is 0 Å². The van der Waals surface area contributed by atoms with Crippen molar-refractivity contribution in [2.24, 2.45) is 5.41 Å². The maximum atomic E-state index is 2.63. The molecule has 1 aromatic carbocycles. The first-order valence-electron chi connectivity index (χ1n) is 11.5. The third-order valence-corrected chi connectivity index (χ3v) is 6.39. The summed E-state index contributed by atoms with van der Waals surface area (Å²) in [5.74, 6) is 0. The Kier molecular flexibility index (Phi) is 7.56. The van der Waals surface area contributed by atoms with Crippen molar-refractivity contribution in [3.05, 3.63) is 58.5 Å². The zero-order valence-corrected chi connectivity index (χ0v) is 17.6. The van der Waals surface area contributed by atoms with Crippen molar-refractivity contribution >= 4 is 11.6 Å². The van der Waals surface area contributed by atoms with Gasteiger partial charge in [-0.2, -0.15) is 0 Å². The van der Waals surface area contributed by atoms with E-state index in [4.69, 9.17) is 0 Å². The Morgan fingerprint density at radius 3 is 2.04 bits per heavy atom. The molecule has 0 heterocycles. The highest BCUT2D eigenvalue weighted by molar-refractivity contribution is 5.88. The second-order valence-electron chi connectivity index (χ2n) is 8.64. The van der Waals surface area contributed by atoms with Crippen molar-refractivity contribution in [2.45, 2.75) is 90.9 Å². The lowest BCUT2D eigenvalue weighted by Gasteiger charge is -2.31. The van der Waals surface area contributed by atoms with E-state index in [0.29, 0.717) is 0 Å². The lowest BCUT2D eigenvalue weighted by molar-refractivity contribution is 0.370. The average molecular weight is 363 g/mol. The predicted octanol–water partition coefficient (Wildman–Crippen LogP) is 6.84. The molecule has 27 heavy (non-hydrogen) atoms. The molecule has 0 radical (unpaired) electrons. The number of rotatable bonds is 12. The van der Waals surface area contributed by atoms with Crippen LogP contribution < -0.4 is 10.4 Å². The van der Waals surface area contributed by atoms with Gasteiger partial charge in [-0.25, -0.2) is 0 Å². The summed E-state index contributed by atoms with van der Waals surface area (Å²) in [5.41, 5.74) is 3.20. The van der Waals surface area contributed by atoms with Crippen LogP contribution in [0, 0.1) is 5.41 Å². The molecule has 0 fully saturated rings. The quantitative estimate of drug-likeness (QED) is 0.357. The molecule has 3 rings (SSSR count). The molecular formula is C27H38. The summed E-state index contributed by atoms with van der Waals surface area (Å²) in [6, 6.07) is 8.85. The molecule has 0 bridgehead atoms. The van der Waals surface area contributed by atoms with Crippen LogP contribution in [0.4, 0.5) is 0 Å². The standard InChI is InChI=1S/C27H38/c1-3-5-7-9-13-18-27(19-14-10-8-6-4-2)20-17-26-24(22-27)21-23-15-11-12-16-25(23)26/h11-12,15-17,20-22H,3-10,13-14,18-19H2,1-2H3. The molecule has 0 unspecified atom stereocenters. The van der Waals surface area contributed by atoms with Crippen molar-refractivity contribution in [3.63, 3.8) is 0 Å². The summed E-state index contributed by atoms with van der Waals surface area (Å²) in [7, 11) is 0. The Hall–Kier alpha value is -1.56. The first-order valence-corrected chi connectivity index (χ1v) is 11.5. The third kappa shape index (κ3) is 5.24. The average Bonchev–Trinajstić information content (AvgIpc) is 3.05. The second-order valence-corrected chi connectivity index (χ2v) is 8.64. The summed E-state index contributed by atoms with van der Waals surface area (Å²) in [6.07, 6.45) is 26.4. The van der Waals surface area contributed by atoms with Crippen LogP contribution in [0.1, 0.15) is 90.9 Å². The van der Waals surface area contributed by atoms with Gasteiger partial charge in [-0.3, -0.25) is 0 Å². The number of benzene rings is 1. The molecule has 146 valence electrons. The van der Waals surface area contributed by atoms with Gasteiger partial charge in [-0.15, -0.1) is 0 Å². The van der Waals surface area contributed by atoms with Gasteiger partial charge in [-0.1, -0.05) is 121 Å². The van der Waals surface area contributed by atoms with Crippen LogP contribution >= 0.6 is 0 Å². The van der Waals surface area contributed by atoms with Crippen LogP contribution in [0.5, 0.6) is 0 Å². The lowest BCUT2D eigenvalue weighted by atomic mass is 9.73. The normalized spacial score (nSPS) is 16.7. The van der Waals surface area contributed by atoms with E-state index in [1.807, 2.05) is 0 Å². The van der Waals surface area contributed by atoms with E-state index >= 15 is 0 Å². The number of fused-ring (bicyclic) bond motifs is 2. The minimum atomic E-state index is 0.288. The minimum absolute atomic E-state index is 0.288. The number of allylic oxidation sites excluding steroid dienone is 4. The van der Waals surface area contributed by atoms with Crippen molar-refractivity contribution < 1.29 is 0 Å². The van der Waals surface area contributed by atoms with Crippen molar-refractivity contribution in [3.8, 4) is 0 Å². The monoisotopic (exact) mass is 362 g/mol. The van der Waals surface area contributed by atoms with Crippen molar-refractivity contribution in [2.75, 3.05) is 0 Å². The van der Waals surface area contributed by atoms with Gasteiger partial charge in [0.15, 0.2) is 0 Å². The number of hydrogen-bond donors (Lipinski definition) is 0.